The van der Waals surface area contributed by atoms with Crippen LogP contribution in [0.1, 0.15) is 16.7 Å². The number of nitrogens with zero attached hydrogens (tertiary/aromatic N) is 2. The maximum Gasteiger partial charge on any atom is 0.293 e. The summed E-state index contributed by atoms with van der Waals surface area (Å²) in [6.45, 7) is 0.499. The highest BCUT2D eigenvalue weighted by Crippen LogP contribution is 2.40. The number of pyridine rings is 1. The molecule has 0 atom stereocenters. The molecule has 0 saturated carbocycles. The largest absolute Gasteiger partial charge is 0.493 e. The second-order valence-corrected chi connectivity index (χ2v) is 9.02. The number of thioether (sulfide) groups is 1. The number of halogens is 1. The Morgan fingerprint density at radius 1 is 1.09 bits per heavy atom. The van der Waals surface area contributed by atoms with E-state index in [0.717, 1.165) is 22.2 Å². The number of ether oxygens (including phenoxy) is 4. The molecule has 10 heteroatoms. The first-order valence-electron chi connectivity index (χ1n) is 10.5. The number of aromatic nitrogens is 1. The third-order valence-corrected chi connectivity index (χ3v) is 6.63. The maximum absolute atomic E-state index is 13.0. The molecule has 2 amide bonds. The molecule has 0 N–H and O–H groups in total. The molecule has 3 aromatic rings. The number of fused-ring (bicyclic) bond motifs is 1. The van der Waals surface area contributed by atoms with Crippen LogP contribution in [0.15, 0.2) is 59.8 Å². The average Bonchev–Trinajstić information content (AvgIpc) is 3.42. The van der Waals surface area contributed by atoms with Gasteiger partial charge in [0.2, 0.25) is 6.79 Å². The van der Waals surface area contributed by atoms with E-state index in [1.807, 2.05) is 12.1 Å². The van der Waals surface area contributed by atoms with E-state index in [2.05, 4.69) is 4.98 Å². The Hall–Kier alpha value is -3.69. The first-order valence-corrected chi connectivity index (χ1v) is 11.7. The fourth-order valence-electron chi connectivity index (χ4n) is 3.57. The molecule has 1 fully saturated rings. The SMILES string of the molecule is COc1cc(/C=C2/SC(=O)N(Cc3cc4c(cc3Cl)OCO4)C2=O)ccc1OCc1ccncc1. The van der Waals surface area contributed by atoms with Crippen LogP contribution in [-0.2, 0) is 17.9 Å². The van der Waals surface area contributed by atoms with E-state index in [4.69, 9.17) is 30.5 Å². The molecule has 35 heavy (non-hydrogen) atoms. The fraction of sp³-hybridized carbons (Fsp3) is 0.160. The number of rotatable bonds is 7. The van der Waals surface area contributed by atoms with Gasteiger partial charge in [-0.05, 0) is 64.9 Å². The van der Waals surface area contributed by atoms with Crippen molar-refractivity contribution in [3.8, 4) is 23.0 Å². The van der Waals surface area contributed by atoms with E-state index in [0.29, 0.717) is 50.7 Å². The van der Waals surface area contributed by atoms with Gasteiger partial charge in [0.05, 0.1) is 18.6 Å². The Balaban J connectivity index is 1.31. The minimum atomic E-state index is -0.397. The molecule has 0 spiro atoms. The number of hydrogen-bond donors (Lipinski definition) is 0. The standard InChI is InChI=1S/C25H19ClN2O6S/c1-31-20-8-16(2-3-19(20)32-13-15-4-6-27-7-5-15)9-23-24(29)28(25(30)35-23)12-17-10-21-22(11-18(17)26)34-14-33-21/h2-11H,12-14H2,1H3/b23-9+. The van der Waals surface area contributed by atoms with E-state index < -0.39 is 5.91 Å². The molecule has 2 aliphatic heterocycles. The lowest BCUT2D eigenvalue weighted by Gasteiger charge is -2.14. The van der Waals surface area contributed by atoms with Gasteiger partial charge < -0.3 is 18.9 Å². The predicted molar refractivity (Wildman–Crippen MR) is 131 cm³/mol. The van der Waals surface area contributed by atoms with Crippen molar-refractivity contribution in [3.05, 3.63) is 81.5 Å². The van der Waals surface area contributed by atoms with E-state index in [-0.39, 0.29) is 18.6 Å². The van der Waals surface area contributed by atoms with Crippen LogP contribution >= 0.6 is 23.4 Å². The quantitative estimate of drug-likeness (QED) is 0.396. The van der Waals surface area contributed by atoms with E-state index in [1.54, 1.807) is 55.9 Å². The minimum Gasteiger partial charge on any atom is -0.493 e. The van der Waals surface area contributed by atoms with Crippen LogP contribution in [0.25, 0.3) is 6.08 Å². The molecular weight excluding hydrogens is 492 g/mol. The highest BCUT2D eigenvalue weighted by atomic mass is 35.5. The van der Waals surface area contributed by atoms with E-state index >= 15 is 0 Å². The number of carbonyl (C=O) groups excluding carboxylic acids is 2. The van der Waals surface area contributed by atoms with Crippen LogP contribution in [0.3, 0.4) is 0 Å². The van der Waals surface area contributed by atoms with Gasteiger partial charge in [0.1, 0.15) is 6.61 Å². The molecular formula is C25H19ClN2O6S. The van der Waals surface area contributed by atoms with Crippen LogP contribution < -0.4 is 18.9 Å². The zero-order valence-electron chi connectivity index (χ0n) is 18.5. The van der Waals surface area contributed by atoms with Crippen molar-refractivity contribution >= 4 is 40.6 Å². The zero-order chi connectivity index (χ0) is 24.4. The van der Waals surface area contributed by atoms with Gasteiger partial charge in [-0.2, -0.15) is 0 Å². The van der Waals surface area contributed by atoms with Crippen LogP contribution in [0.5, 0.6) is 23.0 Å². The third-order valence-electron chi connectivity index (χ3n) is 5.37. The molecule has 0 unspecified atom stereocenters. The smallest absolute Gasteiger partial charge is 0.293 e. The molecule has 0 aliphatic carbocycles. The Morgan fingerprint density at radius 3 is 2.63 bits per heavy atom. The first-order chi connectivity index (χ1) is 17.0. The van der Waals surface area contributed by atoms with Gasteiger partial charge in [-0.15, -0.1) is 0 Å². The molecule has 8 nitrogen and oxygen atoms in total. The second kappa shape index (κ2) is 9.89. The fourth-order valence-corrected chi connectivity index (χ4v) is 4.62. The van der Waals surface area contributed by atoms with Crippen molar-refractivity contribution in [2.45, 2.75) is 13.2 Å². The molecule has 1 aromatic heterocycles. The Bertz CT molecular complexity index is 1330. The maximum atomic E-state index is 13.0. The van der Waals surface area contributed by atoms with Gasteiger partial charge >= 0.3 is 0 Å². The summed E-state index contributed by atoms with van der Waals surface area (Å²) < 4.78 is 22.0. The lowest BCUT2D eigenvalue weighted by atomic mass is 10.1. The number of methoxy groups -OCH3 is 1. The molecule has 2 aromatic carbocycles. The van der Waals surface area contributed by atoms with Gasteiger partial charge in [-0.3, -0.25) is 19.5 Å². The Morgan fingerprint density at radius 2 is 1.86 bits per heavy atom. The summed E-state index contributed by atoms with van der Waals surface area (Å²) in [5.41, 5.74) is 2.27. The topological polar surface area (TPSA) is 87.2 Å². The zero-order valence-corrected chi connectivity index (χ0v) is 20.1. The highest BCUT2D eigenvalue weighted by Gasteiger charge is 2.35. The van der Waals surface area contributed by atoms with Crippen molar-refractivity contribution < 1.29 is 28.5 Å². The molecule has 5 rings (SSSR count). The van der Waals surface area contributed by atoms with Crippen LogP contribution in [0.4, 0.5) is 4.79 Å². The molecule has 3 heterocycles. The van der Waals surface area contributed by atoms with Gasteiger partial charge in [0, 0.05) is 23.5 Å². The summed E-state index contributed by atoms with van der Waals surface area (Å²) in [7, 11) is 1.54. The Labute approximate surface area is 210 Å². The summed E-state index contributed by atoms with van der Waals surface area (Å²) in [6, 6.07) is 12.4. The third kappa shape index (κ3) is 4.91. The predicted octanol–water partition coefficient (Wildman–Crippen LogP) is 5.29. The monoisotopic (exact) mass is 510 g/mol. The number of benzene rings is 2. The number of amides is 2. The lowest BCUT2D eigenvalue weighted by molar-refractivity contribution is -0.123. The van der Waals surface area contributed by atoms with Crippen molar-refractivity contribution in [2.75, 3.05) is 13.9 Å². The number of hydrogen-bond acceptors (Lipinski definition) is 8. The van der Waals surface area contributed by atoms with Crippen molar-refractivity contribution in [1.82, 2.24) is 9.88 Å². The summed E-state index contributed by atoms with van der Waals surface area (Å²) in [5, 5.41) is 0.0172. The molecule has 2 aliphatic rings. The average molecular weight is 511 g/mol. The molecule has 0 radical (unpaired) electrons. The highest BCUT2D eigenvalue weighted by molar-refractivity contribution is 8.18. The summed E-state index contributed by atoms with van der Waals surface area (Å²) in [6.07, 6.45) is 5.06. The van der Waals surface area contributed by atoms with Crippen molar-refractivity contribution in [2.24, 2.45) is 0 Å². The van der Waals surface area contributed by atoms with Crippen LogP contribution in [0, 0.1) is 0 Å². The molecule has 1 saturated heterocycles. The van der Waals surface area contributed by atoms with Crippen LogP contribution in [0.2, 0.25) is 5.02 Å². The van der Waals surface area contributed by atoms with Crippen molar-refractivity contribution in [1.29, 1.82) is 0 Å². The lowest BCUT2D eigenvalue weighted by Crippen LogP contribution is -2.27. The summed E-state index contributed by atoms with van der Waals surface area (Å²) in [5.74, 6) is 1.75. The second-order valence-electron chi connectivity index (χ2n) is 7.62. The number of imide groups is 1. The number of carbonyl (C=O) groups is 2. The van der Waals surface area contributed by atoms with Gasteiger partial charge in [0.15, 0.2) is 23.0 Å². The normalized spacial score (nSPS) is 15.7. The van der Waals surface area contributed by atoms with Crippen molar-refractivity contribution in [3.63, 3.8) is 0 Å². The van der Waals surface area contributed by atoms with Gasteiger partial charge in [-0.25, -0.2) is 0 Å². The Kier molecular flexibility index (Phi) is 6.52. The van der Waals surface area contributed by atoms with Crippen LogP contribution in [-0.4, -0.2) is 34.9 Å². The van der Waals surface area contributed by atoms with E-state index in [9.17, 15) is 9.59 Å². The molecule has 0 bridgehead atoms. The molecule has 178 valence electrons. The summed E-state index contributed by atoms with van der Waals surface area (Å²) >= 11 is 7.20. The summed E-state index contributed by atoms with van der Waals surface area (Å²) in [4.78, 5) is 31.1. The minimum absolute atomic E-state index is 0.0303. The van der Waals surface area contributed by atoms with E-state index in [1.165, 1.54) is 0 Å². The van der Waals surface area contributed by atoms with Gasteiger partial charge in [-0.1, -0.05) is 17.7 Å². The van der Waals surface area contributed by atoms with Gasteiger partial charge in [0.25, 0.3) is 11.1 Å². The first kappa shape index (κ1) is 23.1.